The van der Waals surface area contributed by atoms with E-state index in [1.165, 1.54) is 18.2 Å². The molecule has 0 unspecified atom stereocenters. The second-order valence-electron chi connectivity index (χ2n) is 4.87. The van der Waals surface area contributed by atoms with Crippen molar-refractivity contribution in [3.05, 3.63) is 34.9 Å². The summed E-state index contributed by atoms with van der Waals surface area (Å²) in [5.41, 5.74) is 3.18. The van der Waals surface area contributed by atoms with Crippen molar-refractivity contribution in [3.8, 4) is 11.5 Å². The Bertz CT molecular complexity index is 559. The van der Waals surface area contributed by atoms with E-state index in [0.717, 1.165) is 0 Å². The Morgan fingerprint density at radius 1 is 1.06 bits per heavy atom. The van der Waals surface area contributed by atoms with Gasteiger partial charge < -0.3 is 10.2 Å². The molecule has 0 aromatic heterocycles. The Morgan fingerprint density at radius 2 is 1.61 bits per heavy atom. The van der Waals surface area contributed by atoms with Crippen LogP contribution < -0.4 is 0 Å². The van der Waals surface area contributed by atoms with E-state index in [1.807, 2.05) is 0 Å². The second-order valence-corrected chi connectivity index (χ2v) is 9.62. The molecule has 0 bridgehead atoms. The summed E-state index contributed by atoms with van der Waals surface area (Å²) in [5.74, 6) is 0.389. The average molecular weight is 262 g/mol. The van der Waals surface area contributed by atoms with E-state index in [9.17, 15) is 9.59 Å². The van der Waals surface area contributed by atoms with Crippen molar-refractivity contribution in [1.29, 1.82) is 0 Å². The molecule has 1 rings (SSSR count). The predicted molar refractivity (Wildman–Crippen MR) is 70.6 cm³/mol. The fraction of sp³-hybridized carbons (Fsp3) is 0.231. The van der Waals surface area contributed by atoms with Crippen LogP contribution in [0.15, 0.2) is 18.2 Å². The Kier molecular flexibility index (Phi) is 3.94. The molecule has 0 aliphatic heterocycles. The third kappa shape index (κ3) is 3.75. The number of carbonyl (C=O) groups is 2. The monoisotopic (exact) mass is 262 g/mol. The molecule has 0 heterocycles. The Labute approximate surface area is 106 Å². The highest BCUT2D eigenvalue weighted by molar-refractivity contribution is 6.83. The third-order valence-electron chi connectivity index (χ3n) is 2.06. The van der Waals surface area contributed by atoms with E-state index in [-0.39, 0.29) is 11.1 Å². The SMILES string of the molecule is C[Si](C)(C)C#Cc1ccc(C(=O)O)c(C(=O)O)c1. The molecule has 1 aromatic carbocycles. The molecule has 0 atom stereocenters. The number of carboxylic acid groups (broad SMARTS) is 2. The van der Waals surface area contributed by atoms with Crippen molar-refractivity contribution in [2.24, 2.45) is 0 Å². The topological polar surface area (TPSA) is 74.6 Å². The van der Waals surface area contributed by atoms with Crippen molar-refractivity contribution in [2.45, 2.75) is 19.6 Å². The smallest absolute Gasteiger partial charge is 0.336 e. The van der Waals surface area contributed by atoms with Gasteiger partial charge in [-0.2, -0.15) is 0 Å². The highest BCUT2D eigenvalue weighted by atomic mass is 28.3. The first-order valence-corrected chi connectivity index (χ1v) is 8.84. The van der Waals surface area contributed by atoms with Crippen molar-refractivity contribution in [3.63, 3.8) is 0 Å². The van der Waals surface area contributed by atoms with Crippen LogP contribution in [0.25, 0.3) is 0 Å². The first kappa shape index (κ1) is 14.0. The van der Waals surface area contributed by atoms with Crippen LogP contribution in [-0.2, 0) is 0 Å². The van der Waals surface area contributed by atoms with Crippen LogP contribution in [0.4, 0.5) is 0 Å². The van der Waals surface area contributed by atoms with Gasteiger partial charge in [-0.1, -0.05) is 25.6 Å². The van der Waals surface area contributed by atoms with Crippen LogP contribution in [-0.4, -0.2) is 30.2 Å². The lowest BCUT2D eigenvalue weighted by Crippen LogP contribution is -2.16. The maximum absolute atomic E-state index is 11.0. The van der Waals surface area contributed by atoms with E-state index in [1.54, 1.807) is 0 Å². The molecule has 0 fully saturated rings. The summed E-state index contributed by atoms with van der Waals surface area (Å²) in [5, 5.41) is 17.8. The first-order valence-electron chi connectivity index (χ1n) is 5.34. The quantitative estimate of drug-likeness (QED) is 0.633. The lowest BCUT2D eigenvalue weighted by molar-refractivity contribution is 0.0651. The molecule has 0 aliphatic carbocycles. The van der Waals surface area contributed by atoms with Gasteiger partial charge >= 0.3 is 11.9 Å². The molecule has 0 aliphatic rings. The van der Waals surface area contributed by atoms with Gasteiger partial charge in [0.2, 0.25) is 0 Å². The van der Waals surface area contributed by atoms with E-state index in [0.29, 0.717) is 5.56 Å². The average Bonchev–Trinajstić information content (AvgIpc) is 2.24. The Balaban J connectivity index is 3.27. The number of aromatic carboxylic acids is 2. The van der Waals surface area contributed by atoms with E-state index < -0.39 is 20.0 Å². The highest BCUT2D eigenvalue weighted by Crippen LogP contribution is 2.12. The van der Waals surface area contributed by atoms with Crippen LogP contribution in [0.2, 0.25) is 19.6 Å². The van der Waals surface area contributed by atoms with Gasteiger partial charge in [-0.25, -0.2) is 9.59 Å². The van der Waals surface area contributed by atoms with Crippen molar-refractivity contribution < 1.29 is 19.8 Å². The van der Waals surface area contributed by atoms with Crippen LogP contribution >= 0.6 is 0 Å². The van der Waals surface area contributed by atoms with Gasteiger partial charge in [0.1, 0.15) is 8.07 Å². The lowest BCUT2D eigenvalue weighted by atomic mass is 10.0. The first-order chi connectivity index (χ1) is 8.20. The predicted octanol–water partition coefficient (Wildman–Crippen LogP) is 2.31. The van der Waals surface area contributed by atoms with Gasteiger partial charge in [0, 0.05) is 5.56 Å². The zero-order valence-corrected chi connectivity index (χ0v) is 11.4. The summed E-state index contributed by atoms with van der Waals surface area (Å²) in [6.07, 6.45) is 0. The third-order valence-corrected chi connectivity index (χ3v) is 2.94. The molecule has 18 heavy (non-hydrogen) atoms. The fourth-order valence-electron chi connectivity index (χ4n) is 1.25. The zero-order chi connectivity index (χ0) is 13.9. The van der Waals surface area contributed by atoms with Crippen molar-refractivity contribution in [2.75, 3.05) is 0 Å². The van der Waals surface area contributed by atoms with Crippen LogP contribution in [0, 0.1) is 11.5 Å². The van der Waals surface area contributed by atoms with Gasteiger partial charge in [-0.05, 0) is 18.2 Å². The van der Waals surface area contributed by atoms with Crippen LogP contribution in [0.5, 0.6) is 0 Å². The van der Waals surface area contributed by atoms with Crippen molar-refractivity contribution >= 4 is 20.0 Å². The number of hydrogen-bond acceptors (Lipinski definition) is 2. The molecule has 0 radical (unpaired) electrons. The maximum atomic E-state index is 11.0. The molecule has 4 nitrogen and oxygen atoms in total. The van der Waals surface area contributed by atoms with Gasteiger partial charge in [0.05, 0.1) is 11.1 Å². The Morgan fingerprint density at radius 3 is 2.06 bits per heavy atom. The summed E-state index contributed by atoms with van der Waals surface area (Å²) in [6.45, 7) is 6.22. The molecule has 0 amide bonds. The summed E-state index contributed by atoms with van der Waals surface area (Å²) < 4.78 is 0. The minimum atomic E-state index is -1.54. The van der Waals surface area contributed by atoms with Gasteiger partial charge in [-0.15, -0.1) is 5.54 Å². The molecule has 0 saturated heterocycles. The summed E-state index contributed by atoms with van der Waals surface area (Å²) in [7, 11) is -1.54. The molecule has 1 aromatic rings. The minimum absolute atomic E-state index is 0.221. The molecular weight excluding hydrogens is 248 g/mol. The molecule has 2 N–H and O–H groups in total. The molecular formula is C13H14O4Si. The summed E-state index contributed by atoms with van der Waals surface area (Å²) in [4.78, 5) is 21.8. The number of rotatable bonds is 2. The number of hydrogen-bond donors (Lipinski definition) is 2. The van der Waals surface area contributed by atoms with Crippen molar-refractivity contribution in [1.82, 2.24) is 0 Å². The highest BCUT2D eigenvalue weighted by Gasteiger charge is 2.16. The van der Waals surface area contributed by atoms with Gasteiger partial charge in [0.25, 0.3) is 0 Å². The fourth-order valence-corrected chi connectivity index (χ4v) is 1.76. The molecule has 5 heteroatoms. The normalized spacial score (nSPS) is 10.4. The molecule has 0 saturated carbocycles. The summed E-state index contributed by atoms with van der Waals surface area (Å²) >= 11 is 0. The standard InChI is InChI=1S/C13H14O4Si/c1-18(2,3)7-6-9-4-5-10(12(14)15)11(8-9)13(16)17/h4-5,8H,1-3H3,(H,14,15)(H,16,17). The maximum Gasteiger partial charge on any atom is 0.336 e. The molecule has 0 spiro atoms. The largest absolute Gasteiger partial charge is 0.478 e. The Hall–Kier alpha value is -2.06. The van der Waals surface area contributed by atoms with E-state index in [4.69, 9.17) is 10.2 Å². The van der Waals surface area contributed by atoms with Crippen LogP contribution in [0.1, 0.15) is 26.3 Å². The van der Waals surface area contributed by atoms with Crippen LogP contribution in [0.3, 0.4) is 0 Å². The van der Waals surface area contributed by atoms with Gasteiger partial charge in [-0.3, -0.25) is 0 Å². The van der Waals surface area contributed by atoms with E-state index in [2.05, 4.69) is 31.1 Å². The van der Waals surface area contributed by atoms with Gasteiger partial charge in [0.15, 0.2) is 0 Å². The molecule has 94 valence electrons. The second kappa shape index (κ2) is 5.06. The number of carboxylic acids is 2. The van der Waals surface area contributed by atoms with E-state index >= 15 is 0 Å². The lowest BCUT2D eigenvalue weighted by Gasteiger charge is -2.04. The zero-order valence-electron chi connectivity index (χ0n) is 10.4. The summed E-state index contributed by atoms with van der Waals surface area (Å²) in [6, 6.07) is 4.11. The minimum Gasteiger partial charge on any atom is -0.478 e. The number of benzene rings is 1.